The number of nitrogens with one attached hydrogen (secondary N) is 2. The number of aromatic nitrogens is 8. The lowest BCUT2D eigenvalue weighted by atomic mass is 10.1. The number of anilines is 1. The normalized spacial score (nSPS) is 10.1. The Morgan fingerprint density at radius 1 is 0.730 bits per heavy atom. The molecular formula is C46H41F5N10O2. The van der Waals surface area contributed by atoms with Gasteiger partial charge in [-0.05, 0) is 96.8 Å². The van der Waals surface area contributed by atoms with Crippen LogP contribution in [0.25, 0.3) is 22.8 Å². The van der Waals surface area contributed by atoms with Gasteiger partial charge in [0.15, 0.2) is 23.2 Å². The van der Waals surface area contributed by atoms with Crippen LogP contribution in [0.2, 0.25) is 0 Å². The maximum Gasteiger partial charge on any atom is 0.348 e. The van der Waals surface area contributed by atoms with Crippen molar-refractivity contribution in [1.29, 1.82) is 5.26 Å². The molecule has 1 amide bonds. The first kappa shape index (κ1) is 45.9. The number of carbonyl (C=O) groups excluding carboxylic acids is 1. The van der Waals surface area contributed by atoms with Gasteiger partial charge in [0.05, 0.1) is 14.2 Å². The van der Waals surface area contributed by atoms with E-state index in [0.29, 0.717) is 35.9 Å². The summed E-state index contributed by atoms with van der Waals surface area (Å²) in [5.74, 6) is 0.547. The first-order valence-electron chi connectivity index (χ1n) is 19.3. The summed E-state index contributed by atoms with van der Waals surface area (Å²) < 4.78 is 73.3. The number of aryl methyl sites for hydroxylation is 4. The third-order valence-electron chi connectivity index (χ3n) is 8.46. The van der Waals surface area contributed by atoms with E-state index in [0.717, 1.165) is 40.0 Å². The molecule has 0 fully saturated rings. The van der Waals surface area contributed by atoms with Gasteiger partial charge in [0.2, 0.25) is 0 Å². The molecule has 8 rings (SSSR count). The predicted molar refractivity (Wildman–Crippen MR) is 228 cm³/mol. The molecule has 0 saturated heterocycles. The monoisotopic (exact) mass is 861 g/mol. The second-order valence-corrected chi connectivity index (χ2v) is 12.6. The highest BCUT2D eigenvalue weighted by Crippen LogP contribution is 2.19. The molecule has 0 bridgehead atoms. The highest BCUT2D eigenvalue weighted by Gasteiger charge is 2.19. The zero-order valence-corrected chi connectivity index (χ0v) is 32.7. The number of carbonyl (C=O) groups is 1. The van der Waals surface area contributed by atoms with E-state index in [1.54, 1.807) is 73.3 Å². The molecule has 322 valence electrons. The van der Waals surface area contributed by atoms with E-state index in [1.165, 1.54) is 66.9 Å². The van der Waals surface area contributed by atoms with Crippen molar-refractivity contribution in [3.63, 3.8) is 0 Å². The van der Waals surface area contributed by atoms with Crippen LogP contribution in [-0.4, -0.2) is 53.1 Å². The number of benzene rings is 4. The molecule has 4 heterocycles. The highest BCUT2D eigenvalue weighted by molar-refractivity contribution is 5.91. The zero-order valence-electron chi connectivity index (χ0n) is 33.7. The van der Waals surface area contributed by atoms with Crippen molar-refractivity contribution >= 4 is 11.7 Å². The van der Waals surface area contributed by atoms with Crippen LogP contribution >= 0.6 is 0 Å². The van der Waals surface area contributed by atoms with Crippen LogP contribution in [0.5, 0.6) is 5.75 Å². The van der Waals surface area contributed by atoms with Gasteiger partial charge in [-0.1, -0.05) is 56.0 Å². The van der Waals surface area contributed by atoms with Gasteiger partial charge in [-0.3, -0.25) is 19.5 Å². The number of amides is 1. The Morgan fingerprint density at radius 2 is 1.29 bits per heavy atom. The minimum atomic E-state index is -1.00. The molecule has 0 aliphatic heterocycles. The molecule has 0 aliphatic rings. The van der Waals surface area contributed by atoms with Crippen LogP contribution in [0.1, 0.15) is 31.6 Å². The van der Waals surface area contributed by atoms with Crippen LogP contribution in [0.3, 0.4) is 0 Å². The summed E-state index contributed by atoms with van der Waals surface area (Å²) in [7, 11) is -1.00. The number of ether oxygens (including phenoxy) is 1. The van der Waals surface area contributed by atoms with Gasteiger partial charge in [0.25, 0.3) is 6.26 Å². The molecule has 0 aliphatic carbocycles. The summed E-state index contributed by atoms with van der Waals surface area (Å²) in [5.41, 5.74) is 3.55. The average Bonchev–Trinajstić information content (AvgIpc) is 3.97. The number of rotatable bonds is 10. The van der Waals surface area contributed by atoms with Crippen molar-refractivity contribution < 1.29 is 32.9 Å². The van der Waals surface area contributed by atoms with Gasteiger partial charge in [-0.15, -0.1) is 10.4 Å². The number of hydrogen-bond acceptors (Lipinski definition) is 9. The molecule has 4 aromatic carbocycles. The van der Waals surface area contributed by atoms with Gasteiger partial charge in [-0.2, -0.15) is 9.78 Å². The van der Waals surface area contributed by atoms with E-state index in [4.69, 9.17) is 6.63 Å². The number of pyridine rings is 2. The Hall–Kier alpha value is -8.13. The number of halogens is 5. The third-order valence-corrected chi connectivity index (χ3v) is 8.46. The number of aromatic amines is 1. The number of H-pyrrole nitrogens is 1. The molecule has 8 aromatic rings. The zero-order chi connectivity index (χ0) is 44.8. The van der Waals surface area contributed by atoms with Crippen molar-refractivity contribution in [3.05, 3.63) is 192 Å². The number of hydrogen-bond donors (Lipinski definition) is 2. The third kappa shape index (κ3) is 14.5. The summed E-state index contributed by atoms with van der Waals surface area (Å²) in [6, 6.07) is 30.9. The molecule has 4 aromatic heterocycles. The van der Waals surface area contributed by atoms with Crippen LogP contribution < -0.4 is 10.1 Å². The highest BCUT2D eigenvalue weighted by atomic mass is 19.1. The Kier molecular flexibility index (Phi) is 18.1. The van der Waals surface area contributed by atoms with Crippen LogP contribution in [-0.2, 0) is 25.7 Å². The quantitative estimate of drug-likeness (QED) is 0.101. The van der Waals surface area contributed by atoms with E-state index in [9.17, 15) is 26.7 Å². The minimum absolute atomic E-state index is 0. The van der Waals surface area contributed by atoms with E-state index in [-0.39, 0.29) is 30.5 Å². The Balaban J connectivity index is 0.000000226. The number of nitriles is 1. The summed E-state index contributed by atoms with van der Waals surface area (Å²) >= 11 is 0. The van der Waals surface area contributed by atoms with Crippen LogP contribution in [0, 0.1) is 34.8 Å². The number of alkyl halides is 1. The van der Waals surface area contributed by atoms with E-state index in [2.05, 4.69) is 45.3 Å². The first-order chi connectivity index (χ1) is 30.7. The molecule has 12 nitrogen and oxygen atoms in total. The van der Waals surface area contributed by atoms with Gasteiger partial charge in [-0.25, -0.2) is 32.3 Å². The van der Waals surface area contributed by atoms with E-state index in [1.807, 2.05) is 12.1 Å². The fraction of sp³-hybridized carbons (Fsp3) is 0.130. The topological polar surface area (TPSA) is 160 Å². The summed E-state index contributed by atoms with van der Waals surface area (Å²) in [6.07, 6.45) is 10.5. The standard InChI is InChI=1S/C22H17F2N5O.C15H13FN4.C7H4FNO.CH3F.CH4/c23-17-10-7-15(8-11-17)9-12-20-27-21(16-4-3-13-25-14-16)28-29(20)22(30)26-19-6-2-1-5-18(19)24;16-13-6-3-11(4-7-13)5-8-14-18-15(20-19-14)12-2-1-9-17-10-12;8-6-3-1-2-4-7(6)10-5-9;1-2;/h1-8,10-11,13-14H,9,12H2,(H,26,30);1-4,6-7,9-10H,5,8H2,(H,18,19,20);1-4H;1H3;1H4/i;;;1D;. The summed E-state index contributed by atoms with van der Waals surface area (Å²) in [5, 5.41) is 21.9. The molecule has 63 heavy (non-hydrogen) atoms. The lowest BCUT2D eigenvalue weighted by Gasteiger charge is -2.08. The van der Waals surface area contributed by atoms with Gasteiger partial charge >= 0.3 is 6.03 Å². The molecule has 17 heteroatoms. The van der Waals surface area contributed by atoms with Crippen molar-refractivity contribution in [2.75, 3.05) is 12.5 Å². The lowest BCUT2D eigenvalue weighted by molar-refractivity contribution is 0.250. The smallest absolute Gasteiger partial charge is 0.348 e. The Morgan fingerprint density at radius 3 is 1.84 bits per heavy atom. The van der Waals surface area contributed by atoms with Crippen LogP contribution in [0.15, 0.2) is 146 Å². The second kappa shape index (κ2) is 24.8. The van der Waals surface area contributed by atoms with Crippen molar-refractivity contribution in [2.24, 2.45) is 0 Å². The van der Waals surface area contributed by atoms with E-state index >= 15 is 0 Å². The minimum Gasteiger partial charge on any atom is -0.385 e. The van der Waals surface area contributed by atoms with Crippen molar-refractivity contribution in [2.45, 2.75) is 33.1 Å². The average molecular weight is 862 g/mol. The maximum absolute atomic E-state index is 13.9. The predicted octanol–water partition coefficient (Wildman–Crippen LogP) is 10.2. The first-order valence-corrected chi connectivity index (χ1v) is 18.6. The molecule has 0 unspecified atom stereocenters. The van der Waals surface area contributed by atoms with Gasteiger partial charge in [0.1, 0.15) is 29.1 Å². The Labute approximate surface area is 361 Å². The second-order valence-electron chi connectivity index (χ2n) is 12.6. The molecule has 0 radical (unpaired) electrons. The van der Waals surface area contributed by atoms with Gasteiger partial charge in [0, 0.05) is 48.8 Å². The Bertz CT molecular complexity index is 2670. The molecule has 0 spiro atoms. The van der Waals surface area contributed by atoms with Crippen molar-refractivity contribution in [3.8, 4) is 34.8 Å². The molecule has 0 saturated carbocycles. The summed E-state index contributed by atoms with van der Waals surface area (Å²) in [6.45, 7) is 0. The SMILES string of the molecule is C.Fc1ccc(CCc2nc(-c3cccnc3)n[nH]2)cc1.N#COc1ccccc1F.O=C(Nc1ccccc1F)n1nc(-c2cccnc2)nc1CCc1ccc(F)cc1.[2H]CF. The molecular weight excluding hydrogens is 820 g/mol. The maximum atomic E-state index is 13.9. The number of para-hydroxylation sites is 2. The summed E-state index contributed by atoms with van der Waals surface area (Å²) in [4.78, 5) is 29.8. The van der Waals surface area contributed by atoms with Crippen molar-refractivity contribution in [1.82, 2.24) is 39.9 Å². The lowest BCUT2D eigenvalue weighted by Crippen LogP contribution is -2.24. The van der Waals surface area contributed by atoms with E-state index < -0.39 is 24.8 Å². The number of nitrogens with zero attached hydrogens (tertiary/aromatic N) is 8. The van der Waals surface area contributed by atoms with Gasteiger partial charge < -0.3 is 10.1 Å². The molecule has 2 N–H and O–H groups in total. The fourth-order valence-corrected chi connectivity index (χ4v) is 5.45. The fourth-order valence-electron chi connectivity index (χ4n) is 5.45. The molecule has 0 atom stereocenters. The largest absolute Gasteiger partial charge is 0.385 e. The van der Waals surface area contributed by atoms with Crippen LogP contribution in [0.4, 0.5) is 32.4 Å².